The lowest BCUT2D eigenvalue weighted by Gasteiger charge is -2.02. The van der Waals surface area contributed by atoms with Gasteiger partial charge in [0.25, 0.3) is 0 Å². The summed E-state index contributed by atoms with van der Waals surface area (Å²) < 4.78 is 27.5. The molecule has 2 rings (SSSR count). The number of hydrogen-bond acceptors (Lipinski definition) is 4. The summed E-state index contributed by atoms with van der Waals surface area (Å²) in [5, 5.41) is 15.2. The van der Waals surface area contributed by atoms with Gasteiger partial charge in [-0.05, 0) is 12.1 Å². The third-order valence-electron chi connectivity index (χ3n) is 2.52. The lowest BCUT2D eigenvalue weighted by atomic mass is 10.4. The van der Waals surface area contributed by atoms with Crippen molar-refractivity contribution in [1.82, 2.24) is 19.5 Å². The number of H-pyrrole nitrogens is 1. The number of rotatable bonds is 5. The Morgan fingerprint density at radius 3 is 2.84 bits per heavy atom. The predicted molar refractivity (Wildman–Crippen MR) is 65.0 cm³/mol. The quantitative estimate of drug-likeness (QED) is 0.710. The van der Waals surface area contributed by atoms with Gasteiger partial charge in [-0.1, -0.05) is 0 Å². The molecule has 2 aromatic heterocycles. The largest absolute Gasteiger partial charge is 0.477 e. The van der Waals surface area contributed by atoms with Crippen molar-refractivity contribution in [2.75, 3.05) is 0 Å². The average molecular weight is 284 g/mol. The van der Waals surface area contributed by atoms with Crippen LogP contribution in [0.15, 0.2) is 29.4 Å². The molecule has 102 valence electrons. The number of aromatic carboxylic acids is 1. The maximum Gasteiger partial charge on any atom is 0.352 e. The molecule has 0 atom stereocenters. The van der Waals surface area contributed by atoms with Gasteiger partial charge in [-0.15, -0.1) is 0 Å². The number of hydrogen-bond donors (Lipinski definition) is 3. The fourth-order valence-electron chi connectivity index (χ4n) is 1.53. The molecule has 0 aromatic carbocycles. The number of carboxylic acid groups (broad SMARTS) is 1. The highest BCUT2D eigenvalue weighted by Gasteiger charge is 2.20. The molecule has 9 heteroatoms. The van der Waals surface area contributed by atoms with Gasteiger partial charge in [0.15, 0.2) is 0 Å². The molecule has 0 amide bonds. The molecule has 2 aromatic rings. The van der Waals surface area contributed by atoms with E-state index in [1.807, 2.05) is 0 Å². The van der Waals surface area contributed by atoms with E-state index < -0.39 is 16.0 Å². The molecule has 0 fully saturated rings. The number of aromatic nitrogens is 3. The second-order valence-corrected chi connectivity index (χ2v) is 5.65. The van der Waals surface area contributed by atoms with Crippen LogP contribution >= 0.6 is 0 Å². The number of sulfonamides is 1. The number of aromatic amines is 1. The molecule has 0 saturated carbocycles. The van der Waals surface area contributed by atoms with Crippen molar-refractivity contribution in [2.45, 2.75) is 11.4 Å². The van der Waals surface area contributed by atoms with Crippen molar-refractivity contribution in [3.63, 3.8) is 0 Å². The van der Waals surface area contributed by atoms with Gasteiger partial charge in [-0.3, -0.25) is 5.10 Å². The SMILES string of the molecule is Cn1cc(S(=O)(=O)NCc2ccn[nH]2)cc1C(=O)O. The van der Waals surface area contributed by atoms with Gasteiger partial charge in [0.1, 0.15) is 10.6 Å². The fraction of sp³-hybridized carbons (Fsp3) is 0.200. The summed E-state index contributed by atoms with van der Waals surface area (Å²) in [7, 11) is -2.28. The number of carboxylic acids is 1. The van der Waals surface area contributed by atoms with Crippen LogP contribution in [0.4, 0.5) is 0 Å². The van der Waals surface area contributed by atoms with Crippen LogP contribution in [0.2, 0.25) is 0 Å². The maximum atomic E-state index is 12.0. The zero-order valence-corrected chi connectivity index (χ0v) is 10.8. The van der Waals surface area contributed by atoms with Gasteiger partial charge in [0.05, 0.1) is 12.2 Å². The lowest BCUT2D eigenvalue weighted by molar-refractivity contribution is 0.0686. The Morgan fingerprint density at radius 2 is 2.32 bits per heavy atom. The van der Waals surface area contributed by atoms with Gasteiger partial charge < -0.3 is 9.67 Å². The third-order valence-corrected chi connectivity index (χ3v) is 3.89. The molecule has 0 bridgehead atoms. The molecule has 3 N–H and O–H groups in total. The standard InChI is InChI=1S/C10H12N4O4S/c1-14-6-8(4-9(14)10(15)16)19(17,18)12-5-7-2-3-11-13-7/h2-4,6,12H,5H2,1H3,(H,11,13)(H,15,16). The van der Waals surface area contributed by atoms with Crippen molar-refractivity contribution in [3.8, 4) is 0 Å². The van der Waals surface area contributed by atoms with Crippen LogP contribution < -0.4 is 4.72 Å². The summed E-state index contributed by atoms with van der Waals surface area (Å²) in [5.74, 6) is -1.18. The minimum atomic E-state index is -3.75. The van der Waals surface area contributed by atoms with E-state index in [1.54, 1.807) is 6.07 Å². The first kappa shape index (κ1) is 13.3. The second-order valence-electron chi connectivity index (χ2n) is 3.88. The predicted octanol–water partition coefficient (Wildman–Crippen LogP) is -0.0751. The number of nitrogens with one attached hydrogen (secondary N) is 2. The Morgan fingerprint density at radius 1 is 1.58 bits per heavy atom. The van der Waals surface area contributed by atoms with Crippen LogP contribution in [0.25, 0.3) is 0 Å². The zero-order chi connectivity index (χ0) is 14.0. The first-order valence-corrected chi connectivity index (χ1v) is 6.76. The molecule has 8 nitrogen and oxygen atoms in total. The Balaban J connectivity index is 2.20. The minimum Gasteiger partial charge on any atom is -0.477 e. The van der Waals surface area contributed by atoms with Gasteiger partial charge in [-0.25, -0.2) is 17.9 Å². The van der Waals surface area contributed by atoms with Crippen LogP contribution in [0.1, 0.15) is 16.2 Å². The van der Waals surface area contributed by atoms with E-state index in [0.29, 0.717) is 5.69 Å². The number of aryl methyl sites for hydroxylation is 1. The molecule has 2 heterocycles. The van der Waals surface area contributed by atoms with Crippen molar-refractivity contribution in [2.24, 2.45) is 7.05 Å². The van der Waals surface area contributed by atoms with E-state index in [-0.39, 0.29) is 17.1 Å². The van der Waals surface area contributed by atoms with Gasteiger partial charge in [0, 0.05) is 19.4 Å². The van der Waals surface area contributed by atoms with Crippen LogP contribution in [0, 0.1) is 0 Å². The van der Waals surface area contributed by atoms with E-state index in [1.165, 1.54) is 24.0 Å². The molecule has 0 radical (unpaired) electrons. The Kier molecular flexibility index (Phi) is 3.40. The molecule has 0 aliphatic rings. The molecule has 0 spiro atoms. The van der Waals surface area contributed by atoms with Gasteiger partial charge >= 0.3 is 5.97 Å². The van der Waals surface area contributed by atoms with E-state index in [4.69, 9.17) is 5.11 Å². The van der Waals surface area contributed by atoms with E-state index >= 15 is 0 Å². The maximum absolute atomic E-state index is 12.0. The monoisotopic (exact) mass is 284 g/mol. The van der Waals surface area contributed by atoms with E-state index in [9.17, 15) is 13.2 Å². The molecular weight excluding hydrogens is 272 g/mol. The van der Waals surface area contributed by atoms with Crippen LogP contribution in [0.5, 0.6) is 0 Å². The lowest BCUT2D eigenvalue weighted by Crippen LogP contribution is -2.23. The molecular formula is C10H12N4O4S. The summed E-state index contributed by atoms with van der Waals surface area (Å²) in [6.45, 7) is 0.0552. The summed E-state index contributed by atoms with van der Waals surface area (Å²) in [6.07, 6.45) is 2.76. The fourth-order valence-corrected chi connectivity index (χ4v) is 2.61. The Hall–Kier alpha value is -2.13. The van der Waals surface area contributed by atoms with Crippen LogP contribution in [-0.2, 0) is 23.6 Å². The van der Waals surface area contributed by atoms with Crippen molar-refractivity contribution in [3.05, 3.63) is 35.9 Å². The Bertz CT molecular complexity index is 687. The van der Waals surface area contributed by atoms with Crippen LogP contribution in [-0.4, -0.2) is 34.3 Å². The second kappa shape index (κ2) is 4.86. The molecule has 0 aliphatic heterocycles. The van der Waals surface area contributed by atoms with Crippen molar-refractivity contribution < 1.29 is 18.3 Å². The van der Waals surface area contributed by atoms with Crippen molar-refractivity contribution in [1.29, 1.82) is 0 Å². The normalized spacial score (nSPS) is 11.6. The highest BCUT2D eigenvalue weighted by atomic mass is 32.2. The molecule has 0 saturated heterocycles. The highest BCUT2D eigenvalue weighted by Crippen LogP contribution is 2.13. The molecule has 19 heavy (non-hydrogen) atoms. The first-order valence-electron chi connectivity index (χ1n) is 5.28. The minimum absolute atomic E-state index is 0.0552. The Labute approximate surface area is 109 Å². The molecule has 0 unspecified atom stereocenters. The molecule has 0 aliphatic carbocycles. The third kappa shape index (κ3) is 2.83. The zero-order valence-electron chi connectivity index (χ0n) is 9.99. The first-order chi connectivity index (χ1) is 8.90. The van der Waals surface area contributed by atoms with E-state index in [2.05, 4.69) is 14.9 Å². The van der Waals surface area contributed by atoms with Crippen LogP contribution in [0.3, 0.4) is 0 Å². The summed E-state index contributed by atoms with van der Waals surface area (Å²) in [6, 6.07) is 2.74. The van der Waals surface area contributed by atoms with Crippen molar-refractivity contribution >= 4 is 16.0 Å². The summed E-state index contributed by atoms with van der Waals surface area (Å²) >= 11 is 0. The van der Waals surface area contributed by atoms with Gasteiger partial charge in [0.2, 0.25) is 10.0 Å². The average Bonchev–Trinajstić information content (AvgIpc) is 2.95. The number of carbonyl (C=O) groups is 1. The smallest absolute Gasteiger partial charge is 0.352 e. The topological polar surface area (TPSA) is 117 Å². The number of nitrogens with zero attached hydrogens (tertiary/aromatic N) is 2. The van der Waals surface area contributed by atoms with Gasteiger partial charge in [-0.2, -0.15) is 5.10 Å². The summed E-state index contributed by atoms with van der Waals surface area (Å²) in [4.78, 5) is 10.8. The van der Waals surface area contributed by atoms with E-state index in [0.717, 1.165) is 6.07 Å². The summed E-state index contributed by atoms with van der Waals surface area (Å²) in [5.41, 5.74) is 0.514. The highest BCUT2D eigenvalue weighted by molar-refractivity contribution is 7.89.